The number of anilines is 2. The van der Waals surface area contributed by atoms with Crippen molar-refractivity contribution in [2.24, 2.45) is 0 Å². The molecule has 232 valence electrons. The number of amides is 4. The first-order valence-corrected chi connectivity index (χ1v) is 17.1. The number of hydrogen-bond acceptors (Lipinski definition) is 8. The van der Waals surface area contributed by atoms with Gasteiger partial charge in [0.25, 0.3) is 11.8 Å². The minimum atomic E-state index is -0.266. The van der Waals surface area contributed by atoms with Gasteiger partial charge in [-0.25, -0.2) is 0 Å². The van der Waals surface area contributed by atoms with E-state index in [0.717, 1.165) is 58.9 Å². The van der Waals surface area contributed by atoms with Gasteiger partial charge in [0, 0.05) is 37.3 Å². The average molecular weight is 669 g/mol. The molecule has 0 atom stereocenters. The zero-order chi connectivity index (χ0) is 31.6. The molecule has 4 amide bonds. The Balaban J connectivity index is 1.16. The molecule has 0 bridgehead atoms. The van der Waals surface area contributed by atoms with Crippen molar-refractivity contribution in [2.75, 3.05) is 23.7 Å². The summed E-state index contributed by atoms with van der Waals surface area (Å²) in [5.74, 6) is -0.607. The normalized spacial score (nSPS) is 16.7. The Bertz CT molecular complexity index is 1350. The number of thioether (sulfide) groups is 2. The molecule has 2 heterocycles. The third-order valence-electron chi connectivity index (χ3n) is 7.15. The van der Waals surface area contributed by atoms with Gasteiger partial charge < -0.3 is 10.6 Å². The van der Waals surface area contributed by atoms with Gasteiger partial charge >= 0.3 is 0 Å². The van der Waals surface area contributed by atoms with E-state index < -0.39 is 0 Å². The number of nitrogens with one attached hydrogen (secondary N) is 2. The van der Waals surface area contributed by atoms with Crippen molar-refractivity contribution >= 4 is 91.6 Å². The van der Waals surface area contributed by atoms with Crippen LogP contribution >= 0.6 is 48.0 Å². The van der Waals surface area contributed by atoms with Gasteiger partial charge in [0.2, 0.25) is 11.8 Å². The Kier molecular flexibility index (Phi) is 12.5. The highest BCUT2D eigenvalue weighted by atomic mass is 32.2. The molecular weight excluding hydrogens is 633 g/mol. The topological polar surface area (TPSA) is 98.8 Å². The number of thiocarbonyl (C=S) groups is 2. The molecule has 44 heavy (non-hydrogen) atoms. The summed E-state index contributed by atoms with van der Waals surface area (Å²) < 4.78 is 0.854. The summed E-state index contributed by atoms with van der Waals surface area (Å²) in [7, 11) is 0. The number of aryl methyl sites for hydroxylation is 2. The van der Waals surface area contributed by atoms with E-state index in [1.807, 2.05) is 62.4 Å². The predicted molar refractivity (Wildman–Crippen MR) is 187 cm³/mol. The van der Waals surface area contributed by atoms with Gasteiger partial charge in [0.15, 0.2) is 0 Å². The molecule has 12 heteroatoms. The van der Waals surface area contributed by atoms with E-state index in [1.165, 1.54) is 9.80 Å². The third kappa shape index (κ3) is 9.47. The maximum atomic E-state index is 13.2. The molecule has 0 radical (unpaired) electrons. The van der Waals surface area contributed by atoms with Gasteiger partial charge in [0.05, 0.1) is 9.81 Å². The van der Waals surface area contributed by atoms with Crippen LogP contribution in [0, 0.1) is 13.8 Å². The fourth-order valence-electron chi connectivity index (χ4n) is 4.64. The van der Waals surface area contributed by atoms with E-state index in [4.69, 9.17) is 24.4 Å². The van der Waals surface area contributed by atoms with Crippen LogP contribution in [0.5, 0.6) is 0 Å². The molecule has 0 spiro atoms. The standard InChI is InChI=1S/C32H36N4O4S4/c1-21-11-15-23(16-12-21)33-25(37)9-5-3-7-19-35-29(39)27(43-31(35)41)28-30(40)36(32(42)44-28)20-8-4-6-10-26(38)34-24-17-13-22(2)14-18-24/h11-18H,3-10,19-20H2,1-2H3,(H,33,37)(H,34,38)/b28-27+. The zero-order valence-electron chi connectivity index (χ0n) is 24.9. The summed E-state index contributed by atoms with van der Waals surface area (Å²) in [5, 5.41) is 5.80. The Labute approximate surface area is 277 Å². The molecule has 8 nitrogen and oxygen atoms in total. The van der Waals surface area contributed by atoms with Crippen molar-refractivity contribution in [3.8, 4) is 0 Å². The molecule has 0 unspecified atom stereocenters. The number of benzene rings is 2. The SMILES string of the molecule is Cc1ccc(NC(=O)CCCCCN2C(=O)/C(=C3\SC(=S)N(CCCCCC(=O)Nc4ccc(C)cc4)C3=O)SC2=S)cc1. The summed E-state index contributed by atoms with van der Waals surface area (Å²) in [6, 6.07) is 15.3. The maximum Gasteiger partial charge on any atom is 0.267 e. The highest BCUT2D eigenvalue weighted by molar-refractivity contribution is 8.29. The number of carbonyl (C=O) groups excluding carboxylic acids is 4. The lowest BCUT2D eigenvalue weighted by Gasteiger charge is -2.14. The smallest absolute Gasteiger partial charge is 0.267 e. The van der Waals surface area contributed by atoms with Crippen LogP contribution in [0.4, 0.5) is 11.4 Å². The Morgan fingerprint density at radius 3 is 1.34 bits per heavy atom. The van der Waals surface area contributed by atoms with Crippen molar-refractivity contribution in [1.29, 1.82) is 0 Å². The molecular formula is C32H36N4O4S4. The molecule has 2 saturated heterocycles. The first-order valence-electron chi connectivity index (χ1n) is 14.7. The van der Waals surface area contributed by atoms with Crippen molar-refractivity contribution in [3.05, 3.63) is 69.5 Å². The zero-order valence-corrected chi connectivity index (χ0v) is 28.1. The Hall–Kier alpha value is -3.06. The second-order valence-corrected chi connectivity index (χ2v) is 14.0. The second kappa shape index (κ2) is 16.3. The Morgan fingerprint density at radius 1 is 0.614 bits per heavy atom. The summed E-state index contributed by atoms with van der Waals surface area (Å²) >= 11 is 13.2. The van der Waals surface area contributed by atoms with Crippen LogP contribution in [-0.2, 0) is 19.2 Å². The lowest BCUT2D eigenvalue weighted by Crippen LogP contribution is -2.31. The molecule has 2 aromatic carbocycles. The summed E-state index contributed by atoms with van der Waals surface area (Å²) in [5.41, 5.74) is 3.83. The van der Waals surface area contributed by atoms with Crippen LogP contribution < -0.4 is 10.6 Å². The van der Waals surface area contributed by atoms with Gasteiger partial charge in [0.1, 0.15) is 8.64 Å². The number of nitrogens with zero attached hydrogens (tertiary/aromatic N) is 2. The molecule has 2 aromatic rings. The molecule has 4 rings (SSSR count). The van der Waals surface area contributed by atoms with Crippen LogP contribution in [0.25, 0.3) is 0 Å². The highest BCUT2D eigenvalue weighted by Crippen LogP contribution is 2.42. The number of unbranched alkanes of at least 4 members (excludes halogenated alkanes) is 4. The van der Waals surface area contributed by atoms with Gasteiger partial charge in [-0.15, -0.1) is 0 Å². The van der Waals surface area contributed by atoms with Crippen LogP contribution in [0.3, 0.4) is 0 Å². The van der Waals surface area contributed by atoms with Crippen LogP contribution in [0.1, 0.15) is 62.5 Å². The molecule has 2 aliphatic rings. The highest BCUT2D eigenvalue weighted by Gasteiger charge is 2.41. The third-order valence-corrected chi connectivity index (χ3v) is 10.2. The molecule has 0 saturated carbocycles. The van der Waals surface area contributed by atoms with Crippen LogP contribution in [-0.4, -0.2) is 55.2 Å². The van der Waals surface area contributed by atoms with Crippen LogP contribution in [0.15, 0.2) is 58.3 Å². The molecule has 2 N–H and O–H groups in total. The van der Waals surface area contributed by atoms with E-state index in [-0.39, 0.29) is 23.6 Å². The van der Waals surface area contributed by atoms with Crippen molar-refractivity contribution in [1.82, 2.24) is 9.80 Å². The second-order valence-electron chi connectivity index (χ2n) is 10.8. The first kappa shape index (κ1) is 33.8. The minimum Gasteiger partial charge on any atom is -0.326 e. The van der Waals surface area contributed by atoms with E-state index >= 15 is 0 Å². The van der Waals surface area contributed by atoms with E-state index in [2.05, 4.69) is 10.6 Å². The summed E-state index contributed by atoms with van der Waals surface area (Å²) in [6.45, 7) is 4.87. The largest absolute Gasteiger partial charge is 0.326 e. The number of hydrogen-bond donors (Lipinski definition) is 2. The Morgan fingerprint density at radius 2 is 0.977 bits per heavy atom. The first-order chi connectivity index (χ1) is 21.1. The number of rotatable bonds is 14. The average Bonchev–Trinajstić information content (AvgIpc) is 3.43. The number of carbonyl (C=O) groups is 4. The van der Waals surface area contributed by atoms with Crippen molar-refractivity contribution in [3.63, 3.8) is 0 Å². The van der Waals surface area contributed by atoms with Crippen molar-refractivity contribution < 1.29 is 19.2 Å². The quantitative estimate of drug-likeness (QED) is 0.127. The molecule has 0 aliphatic carbocycles. The van der Waals surface area contributed by atoms with E-state index in [9.17, 15) is 19.2 Å². The molecule has 0 aromatic heterocycles. The maximum absolute atomic E-state index is 13.2. The summed E-state index contributed by atoms with van der Waals surface area (Å²) in [4.78, 5) is 54.6. The summed E-state index contributed by atoms with van der Waals surface area (Å²) in [6.07, 6.45) is 5.12. The fourth-order valence-corrected chi connectivity index (χ4v) is 7.41. The van der Waals surface area contributed by atoms with Gasteiger partial charge in [-0.1, -0.05) is 96.2 Å². The fraction of sp³-hybridized carbons (Fsp3) is 0.375. The van der Waals surface area contributed by atoms with E-state index in [0.29, 0.717) is 70.1 Å². The minimum absolute atomic E-state index is 0.0369. The molecule has 2 aliphatic heterocycles. The monoisotopic (exact) mass is 668 g/mol. The lowest BCUT2D eigenvalue weighted by atomic mass is 10.1. The molecule has 2 fully saturated rings. The van der Waals surface area contributed by atoms with Gasteiger partial charge in [-0.2, -0.15) is 0 Å². The predicted octanol–water partition coefficient (Wildman–Crippen LogP) is 6.93. The van der Waals surface area contributed by atoms with E-state index in [1.54, 1.807) is 0 Å². The van der Waals surface area contributed by atoms with Gasteiger partial charge in [-0.05, 0) is 63.8 Å². The van der Waals surface area contributed by atoms with Crippen molar-refractivity contribution in [2.45, 2.75) is 65.2 Å². The van der Waals surface area contributed by atoms with Gasteiger partial charge in [-0.3, -0.25) is 29.0 Å². The van der Waals surface area contributed by atoms with Crippen LogP contribution in [0.2, 0.25) is 0 Å². The lowest BCUT2D eigenvalue weighted by molar-refractivity contribution is -0.124.